The van der Waals surface area contributed by atoms with Crippen LogP contribution in [0.25, 0.3) is 0 Å². The zero-order valence-electron chi connectivity index (χ0n) is 10.1. The van der Waals surface area contributed by atoms with Crippen LogP contribution in [0.15, 0.2) is 12.1 Å². The average molecular weight is 222 g/mol. The van der Waals surface area contributed by atoms with Crippen molar-refractivity contribution in [2.24, 2.45) is 5.73 Å². The highest BCUT2D eigenvalue weighted by Crippen LogP contribution is 2.26. The molecule has 1 amide bonds. The molecule has 0 bridgehead atoms. The van der Waals surface area contributed by atoms with Crippen LogP contribution in [-0.2, 0) is 4.79 Å². The summed E-state index contributed by atoms with van der Waals surface area (Å²) in [5.41, 5.74) is 8.21. The van der Waals surface area contributed by atoms with E-state index in [0.717, 1.165) is 22.4 Å². The maximum Gasteiger partial charge on any atom is 0.239 e. The highest BCUT2D eigenvalue weighted by molar-refractivity contribution is 5.82. The predicted molar refractivity (Wildman–Crippen MR) is 63.5 cm³/mol. The van der Waals surface area contributed by atoms with Crippen LogP contribution < -0.4 is 15.8 Å². The summed E-state index contributed by atoms with van der Waals surface area (Å²) < 4.78 is 5.22. The molecule has 0 saturated heterocycles. The van der Waals surface area contributed by atoms with Gasteiger partial charge in [0.2, 0.25) is 5.91 Å². The Bertz CT molecular complexity index is 402. The van der Waals surface area contributed by atoms with Crippen molar-refractivity contribution in [3.63, 3.8) is 0 Å². The van der Waals surface area contributed by atoms with Crippen molar-refractivity contribution in [3.05, 3.63) is 28.8 Å². The Morgan fingerprint density at radius 1 is 1.38 bits per heavy atom. The molecule has 1 unspecified atom stereocenters. The number of nitrogens with two attached hydrogens (primary N) is 1. The molecule has 0 aliphatic rings. The zero-order chi connectivity index (χ0) is 12.3. The SMILES string of the molecule is CNC(C(N)=O)c1cc(C)c(OC)cc1C. The zero-order valence-corrected chi connectivity index (χ0v) is 10.1. The third-order valence-corrected chi connectivity index (χ3v) is 2.67. The van der Waals surface area contributed by atoms with Crippen molar-refractivity contribution in [1.29, 1.82) is 0 Å². The van der Waals surface area contributed by atoms with Crippen LogP contribution >= 0.6 is 0 Å². The van der Waals surface area contributed by atoms with E-state index in [4.69, 9.17) is 10.5 Å². The molecule has 1 aromatic rings. The van der Waals surface area contributed by atoms with Crippen LogP contribution in [0.5, 0.6) is 5.75 Å². The van der Waals surface area contributed by atoms with Gasteiger partial charge in [-0.3, -0.25) is 4.79 Å². The maximum absolute atomic E-state index is 11.3. The third kappa shape index (κ3) is 2.33. The highest BCUT2D eigenvalue weighted by atomic mass is 16.5. The predicted octanol–water partition coefficient (Wildman–Crippen LogP) is 1.06. The number of ether oxygens (including phenoxy) is 1. The van der Waals surface area contributed by atoms with Gasteiger partial charge < -0.3 is 15.8 Å². The van der Waals surface area contributed by atoms with E-state index >= 15 is 0 Å². The van der Waals surface area contributed by atoms with Gasteiger partial charge in [0.1, 0.15) is 11.8 Å². The first-order chi connectivity index (χ1) is 7.51. The normalized spacial score (nSPS) is 12.2. The average Bonchev–Trinajstić information content (AvgIpc) is 2.23. The smallest absolute Gasteiger partial charge is 0.239 e. The Labute approximate surface area is 95.8 Å². The largest absolute Gasteiger partial charge is 0.496 e. The number of nitrogens with one attached hydrogen (secondary N) is 1. The van der Waals surface area contributed by atoms with E-state index in [2.05, 4.69) is 5.32 Å². The van der Waals surface area contributed by atoms with Gasteiger partial charge in [0.15, 0.2) is 0 Å². The van der Waals surface area contributed by atoms with Crippen LogP contribution in [0.2, 0.25) is 0 Å². The number of amides is 1. The van der Waals surface area contributed by atoms with E-state index < -0.39 is 6.04 Å². The van der Waals surface area contributed by atoms with E-state index in [-0.39, 0.29) is 5.91 Å². The van der Waals surface area contributed by atoms with E-state index in [9.17, 15) is 4.79 Å². The van der Waals surface area contributed by atoms with Gasteiger partial charge in [-0.15, -0.1) is 0 Å². The lowest BCUT2D eigenvalue weighted by molar-refractivity contribution is -0.120. The first-order valence-corrected chi connectivity index (χ1v) is 5.13. The van der Waals surface area contributed by atoms with E-state index in [1.807, 2.05) is 26.0 Å². The molecule has 0 saturated carbocycles. The minimum Gasteiger partial charge on any atom is -0.496 e. The summed E-state index contributed by atoms with van der Waals surface area (Å²) >= 11 is 0. The molecular formula is C12H18N2O2. The van der Waals surface area contributed by atoms with Gasteiger partial charge in [0.05, 0.1) is 7.11 Å². The van der Waals surface area contributed by atoms with Gasteiger partial charge in [-0.1, -0.05) is 6.07 Å². The van der Waals surface area contributed by atoms with E-state index in [1.54, 1.807) is 14.2 Å². The minimum absolute atomic E-state index is 0.379. The van der Waals surface area contributed by atoms with Gasteiger partial charge in [-0.25, -0.2) is 0 Å². The fourth-order valence-electron chi connectivity index (χ4n) is 1.79. The number of aryl methyl sites for hydroxylation is 2. The number of likely N-dealkylation sites (N-methyl/N-ethyl adjacent to an activating group) is 1. The Morgan fingerprint density at radius 2 is 2.00 bits per heavy atom. The number of carbonyl (C=O) groups is 1. The van der Waals surface area contributed by atoms with Crippen molar-refractivity contribution in [1.82, 2.24) is 5.32 Å². The standard InChI is InChI=1S/C12H18N2O2/c1-7-6-10(16-4)8(2)5-9(7)11(14-3)12(13)15/h5-6,11,14H,1-4H3,(H2,13,15). The Balaban J connectivity index is 3.24. The van der Waals surface area contributed by atoms with Crippen molar-refractivity contribution < 1.29 is 9.53 Å². The molecule has 0 aliphatic heterocycles. The van der Waals surface area contributed by atoms with Crippen LogP contribution in [0.1, 0.15) is 22.7 Å². The number of benzene rings is 1. The van der Waals surface area contributed by atoms with Gasteiger partial charge in [0.25, 0.3) is 0 Å². The van der Waals surface area contributed by atoms with Crippen molar-refractivity contribution >= 4 is 5.91 Å². The summed E-state index contributed by atoms with van der Waals surface area (Å²) in [5.74, 6) is 0.441. The number of methoxy groups -OCH3 is 1. The fraction of sp³-hybridized carbons (Fsp3) is 0.417. The second kappa shape index (κ2) is 4.99. The molecule has 3 N–H and O–H groups in total. The molecule has 0 spiro atoms. The van der Waals surface area contributed by atoms with Crippen molar-refractivity contribution in [2.75, 3.05) is 14.2 Å². The van der Waals surface area contributed by atoms with Crippen LogP contribution in [-0.4, -0.2) is 20.1 Å². The summed E-state index contributed by atoms with van der Waals surface area (Å²) in [6.07, 6.45) is 0. The Morgan fingerprint density at radius 3 is 2.44 bits per heavy atom. The molecule has 0 radical (unpaired) electrons. The van der Waals surface area contributed by atoms with Crippen LogP contribution in [0.4, 0.5) is 0 Å². The molecule has 0 fully saturated rings. The van der Waals surface area contributed by atoms with Crippen LogP contribution in [0, 0.1) is 13.8 Å². The lowest BCUT2D eigenvalue weighted by Gasteiger charge is -2.17. The second-order valence-corrected chi connectivity index (χ2v) is 3.80. The third-order valence-electron chi connectivity index (χ3n) is 2.67. The van der Waals surface area contributed by atoms with Crippen molar-refractivity contribution in [2.45, 2.75) is 19.9 Å². The quantitative estimate of drug-likeness (QED) is 0.800. The molecule has 0 aromatic heterocycles. The summed E-state index contributed by atoms with van der Waals surface area (Å²) in [6, 6.07) is 3.39. The van der Waals surface area contributed by atoms with Gasteiger partial charge >= 0.3 is 0 Å². The molecule has 1 aromatic carbocycles. The minimum atomic E-state index is -0.454. The number of rotatable bonds is 4. The molecule has 1 rings (SSSR count). The van der Waals surface area contributed by atoms with Gasteiger partial charge in [0, 0.05) is 0 Å². The molecular weight excluding hydrogens is 204 g/mol. The highest BCUT2D eigenvalue weighted by Gasteiger charge is 2.18. The van der Waals surface area contributed by atoms with E-state index in [1.165, 1.54) is 0 Å². The second-order valence-electron chi connectivity index (χ2n) is 3.80. The molecule has 0 heterocycles. The summed E-state index contributed by atoms with van der Waals surface area (Å²) in [4.78, 5) is 11.3. The Hall–Kier alpha value is -1.55. The first-order valence-electron chi connectivity index (χ1n) is 5.13. The summed E-state index contributed by atoms with van der Waals surface area (Å²) in [7, 11) is 3.35. The molecule has 4 nitrogen and oxygen atoms in total. The monoisotopic (exact) mass is 222 g/mol. The van der Waals surface area contributed by atoms with Crippen LogP contribution in [0.3, 0.4) is 0 Å². The Kier molecular flexibility index (Phi) is 3.90. The fourth-order valence-corrected chi connectivity index (χ4v) is 1.79. The molecule has 16 heavy (non-hydrogen) atoms. The lowest BCUT2D eigenvalue weighted by Crippen LogP contribution is -2.31. The topological polar surface area (TPSA) is 64.3 Å². The van der Waals surface area contributed by atoms with Crippen molar-refractivity contribution in [3.8, 4) is 5.75 Å². The lowest BCUT2D eigenvalue weighted by atomic mass is 9.98. The van der Waals surface area contributed by atoms with E-state index in [0.29, 0.717) is 0 Å². The number of primary amides is 1. The molecule has 1 atom stereocenters. The summed E-state index contributed by atoms with van der Waals surface area (Å²) in [5, 5.41) is 2.91. The molecule has 88 valence electrons. The summed E-state index contributed by atoms with van der Waals surface area (Å²) in [6.45, 7) is 3.88. The number of carbonyl (C=O) groups excluding carboxylic acids is 1. The maximum atomic E-state index is 11.3. The number of hydrogen-bond acceptors (Lipinski definition) is 3. The van der Waals surface area contributed by atoms with Gasteiger partial charge in [-0.2, -0.15) is 0 Å². The molecule has 0 aliphatic carbocycles. The first kappa shape index (κ1) is 12.5. The van der Waals surface area contributed by atoms with Gasteiger partial charge in [-0.05, 0) is 43.7 Å². The number of hydrogen-bond donors (Lipinski definition) is 2. The molecule has 4 heteroatoms.